The van der Waals surface area contributed by atoms with E-state index in [-0.39, 0.29) is 10.8 Å². The summed E-state index contributed by atoms with van der Waals surface area (Å²) in [7, 11) is -2.52. The summed E-state index contributed by atoms with van der Waals surface area (Å²) < 4.78 is 26.0. The molecule has 0 heterocycles. The van der Waals surface area contributed by atoms with Crippen LogP contribution in [0, 0.1) is 6.92 Å². The molecule has 0 saturated heterocycles. The number of sulfonamides is 1. The quantitative estimate of drug-likeness (QED) is 0.766. The molecule has 2 aromatic carbocycles. The second-order valence-electron chi connectivity index (χ2n) is 5.99. The number of aryl methyl sites for hydroxylation is 1. The van der Waals surface area contributed by atoms with Gasteiger partial charge in [0.2, 0.25) is 21.8 Å². The normalized spacial score (nSPS) is 11.3. The van der Waals surface area contributed by atoms with Gasteiger partial charge in [0.1, 0.15) is 0 Å². The van der Waals surface area contributed by atoms with Gasteiger partial charge in [-0.1, -0.05) is 17.7 Å². The maximum Gasteiger partial charge on any atom is 0.243 e. The predicted octanol–water partition coefficient (Wildman–Crippen LogP) is 2.87. The minimum Gasteiger partial charge on any atom is -0.325 e. The second kappa shape index (κ2) is 8.51. The second-order valence-corrected chi connectivity index (χ2v) is 8.47. The molecule has 0 radical (unpaired) electrons. The molecule has 27 heavy (non-hydrogen) atoms. The van der Waals surface area contributed by atoms with Gasteiger partial charge in [0, 0.05) is 19.0 Å². The van der Waals surface area contributed by atoms with E-state index >= 15 is 0 Å². The Labute approximate surface area is 163 Å². The molecule has 144 valence electrons. The Kier molecular flexibility index (Phi) is 6.59. The van der Waals surface area contributed by atoms with Crippen LogP contribution in [0.4, 0.5) is 11.4 Å². The Morgan fingerprint density at radius 3 is 2.26 bits per heavy atom. The van der Waals surface area contributed by atoms with Gasteiger partial charge >= 0.3 is 0 Å². The Bertz CT molecular complexity index is 959. The van der Waals surface area contributed by atoms with Crippen LogP contribution in [0.2, 0.25) is 5.02 Å². The van der Waals surface area contributed by atoms with Crippen LogP contribution in [0.5, 0.6) is 0 Å². The molecule has 0 aromatic heterocycles. The highest BCUT2D eigenvalue weighted by Crippen LogP contribution is 2.23. The van der Waals surface area contributed by atoms with E-state index < -0.39 is 22.5 Å². The van der Waals surface area contributed by atoms with Gasteiger partial charge in [-0.05, 0) is 48.9 Å². The van der Waals surface area contributed by atoms with Gasteiger partial charge in [0.15, 0.2) is 0 Å². The van der Waals surface area contributed by atoms with Crippen LogP contribution in [0.15, 0.2) is 47.4 Å². The molecule has 2 N–H and O–H groups in total. The van der Waals surface area contributed by atoms with Crippen LogP contribution in [-0.2, 0) is 19.6 Å². The van der Waals surface area contributed by atoms with E-state index in [4.69, 9.17) is 11.6 Å². The molecular formula is C18H20ClN3O4S. The minimum absolute atomic E-state index is 0.0386. The topological polar surface area (TPSA) is 95.6 Å². The van der Waals surface area contributed by atoms with Crippen LogP contribution in [0.25, 0.3) is 0 Å². The zero-order valence-electron chi connectivity index (χ0n) is 15.1. The largest absolute Gasteiger partial charge is 0.325 e. The highest BCUT2D eigenvalue weighted by molar-refractivity contribution is 7.89. The molecule has 2 rings (SSSR count). The summed E-state index contributed by atoms with van der Waals surface area (Å²) in [5.41, 5.74) is 1.71. The molecular weight excluding hydrogens is 390 g/mol. The SMILES string of the molecule is CC(=O)Nc1ccc(C)cc1NC(=O)CN(C)S(=O)(=O)c1ccc(Cl)cc1. The van der Waals surface area contributed by atoms with Crippen LogP contribution in [0.3, 0.4) is 0 Å². The first-order valence-electron chi connectivity index (χ1n) is 7.99. The predicted molar refractivity (Wildman–Crippen MR) is 105 cm³/mol. The molecule has 0 atom stereocenters. The molecule has 9 heteroatoms. The lowest BCUT2D eigenvalue weighted by Crippen LogP contribution is -2.35. The summed E-state index contributed by atoms with van der Waals surface area (Å²) in [6.07, 6.45) is 0. The summed E-state index contributed by atoms with van der Waals surface area (Å²) in [5, 5.41) is 5.68. The monoisotopic (exact) mass is 409 g/mol. The van der Waals surface area contributed by atoms with Gasteiger partial charge in [-0.2, -0.15) is 4.31 Å². The number of anilines is 2. The number of likely N-dealkylation sites (N-methyl/N-ethyl adjacent to an activating group) is 1. The molecule has 7 nitrogen and oxygen atoms in total. The van der Waals surface area contributed by atoms with E-state index in [1.807, 2.05) is 6.92 Å². The Morgan fingerprint density at radius 2 is 1.67 bits per heavy atom. The highest BCUT2D eigenvalue weighted by Gasteiger charge is 2.23. The first-order chi connectivity index (χ1) is 12.6. The molecule has 0 saturated carbocycles. The lowest BCUT2D eigenvalue weighted by molar-refractivity contribution is -0.116. The third kappa shape index (κ3) is 5.53. The average molecular weight is 410 g/mol. The number of hydrogen-bond donors (Lipinski definition) is 2. The van der Waals surface area contributed by atoms with E-state index in [9.17, 15) is 18.0 Å². The molecule has 2 aromatic rings. The van der Waals surface area contributed by atoms with Gasteiger partial charge in [-0.25, -0.2) is 8.42 Å². The van der Waals surface area contributed by atoms with Crippen molar-refractivity contribution < 1.29 is 18.0 Å². The maximum atomic E-state index is 12.5. The number of benzene rings is 2. The summed E-state index contributed by atoms with van der Waals surface area (Å²) in [5.74, 6) is -0.816. The van der Waals surface area contributed by atoms with E-state index in [0.717, 1.165) is 9.87 Å². The third-order valence-electron chi connectivity index (χ3n) is 3.65. The van der Waals surface area contributed by atoms with Gasteiger partial charge in [0.25, 0.3) is 0 Å². The van der Waals surface area contributed by atoms with Crippen LogP contribution < -0.4 is 10.6 Å². The third-order valence-corrected chi connectivity index (χ3v) is 5.72. The standard InChI is InChI=1S/C18H20ClN3O4S/c1-12-4-9-16(20-13(2)23)17(10-12)21-18(24)11-22(3)27(25,26)15-7-5-14(19)6-8-15/h4-10H,11H2,1-3H3,(H,20,23)(H,21,24). The summed E-state index contributed by atoms with van der Waals surface area (Å²) in [6, 6.07) is 10.8. The minimum atomic E-state index is -3.84. The van der Waals surface area contributed by atoms with Crippen molar-refractivity contribution in [2.24, 2.45) is 0 Å². The maximum absolute atomic E-state index is 12.5. The number of carbonyl (C=O) groups is 2. The van der Waals surface area contributed by atoms with Crippen molar-refractivity contribution in [3.8, 4) is 0 Å². The van der Waals surface area contributed by atoms with Crippen LogP contribution in [0.1, 0.15) is 12.5 Å². The van der Waals surface area contributed by atoms with Crippen molar-refractivity contribution in [3.63, 3.8) is 0 Å². The fraction of sp³-hybridized carbons (Fsp3) is 0.222. The first-order valence-corrected chi connectivity index (χ1v) is 9.81. The van der Waals surface area contributed by atoms with Crippen molar-refractivity contribution >= 4 is 44.8 Å². The molecule has 0 aliphatic heterocycles. The van der Waals surface area contributed by atoms with Crippen molar-refractivity contribution in [2.45, 2.75) is 18.7 Å². The van der Waals surface area contributed by atoms with Crippen molar-refractivity contribution in [3.05, 3.63) is 53.1 Å². The fourth-order valence-corrected chi connectivity index (χ4v) is 3.58. The Hall–Kier alpha value is -2.42. The number of rotatable bonds is 6. The molecule has 0 aliphatic rings. The first kappa shape index (κ1) is 20.9. The lowest BCUT2D eigenvalue weighted by atomic mass is 10.2. The highest BCUT2D eigenvalue weighted by atomic mass is 35.5. The number of amides is 2. The van der Waals surface area contributed by atoms with Crippen LogP contribution in [-0.4, -0.2) is 38.1 Å². The van der Waals surface area contributed by atoms with Crippen molar-refractivity contribution in [1.29, 1.82) is 0 Å². The van der Waals surface area contributed by atoms with E-state index in [1.54, 1.807) is 18.2 Å². The molecule has 0 fully saturated rings. The van der Waals surface area contributed by atoms with Crippen molar-refractivity contribution in [2.75, 3.05) is 24.2 Å². The van der Waals surface area contributed by atoms with Gasteiger partial charge < -0.3 is 10.6 Å². The van der Waals surface area contributed by atoms with Gasteiger partial charge in [-0.15, -0.1) is 0 Å². The fourth-order valence-electron chi connectivity index (χ4n) is 2.32. The Balaban J connectivity index is 2.14. The number of nitrogens with one attached hydrogen (secondary N) is 2. The molecule has 0 spiro atoms. The van der Waals surface area contributed by atoms with Crippen molar-refractivity contribution in [1.82, 2.24) is 4.31 Å². The van der Waals surface area contributed by atoms with E-state index in [1.165, 1.54) is 38.2 Å². The van der Waals surface area contributed by atoms with Gasteiger partial charge in [-0.3, -0.25) is 9.59 Å². The summed E-state index contributed by atoms with van der Waals surface area (Å²) in [6.45, 7) is 2.81. The average Bonchev–Trinajstić information content (AvgIpc) is 2.57. The summed E-state index contributed by atoms with van der Waals surface area (Å²) >= 11 is 5.78. The van der Waals surface area contributed by atoms with Crippen LogP contribution >= 0.6 is 11.6 Å². The van der Waals surface area contributed by atoms with E-state index in [2.05, 4.69) is 10.6 Å². The molecule has 0 bridgehead atoms. The zero-order valence-corrected chi connectivity index (χ0v) is 16.7. The number of halogens is 1. The van der Waals surface area contributed by atoms with E-state index in [0.29, 0.717) is 16.4 Å². The zero-order chi connectivity index (χ0) is 20.2. The molecule has 2 amide bonds. The number of nitrogens with zero attached hydrogens (tertiary/aromatic N) is 1. The number of carbonyl (C=O) groups excluding carboxylic acids is 2. The van der Waals surface area contributed by atoms with Gasteiger partial charge in [0.05, 0.1) is 22.8 Å². The molecule has 0 unspecified atom stereocenters. The lowest BCUT2D eigenvalue weighted by Gasteiger charge is -2.18. The molecule has 0 aliphatic carbocycles. The Morgan fingerprint density at radius 1 is 1.04 bits per heavy atom. The summed E-state index contributed by atoms with van der Waals surface area (Å²) in [4.78, 5) is 23.7. The smallest absolute Gasteiger partial charge is 0.243 e. The number of hydrogen-bond acceptors (Lipinski definition) is 4.